The number of ether oxygens (including phenoxy) is 1. The summed E-state index contributed by atoms with van der Waals surface area (Å²) >= 11 is 0. The second kappa shape index (κ2) is 5.03. The fourth-order valence-electron chi connectivity index (χ4n) is 4.33. The molecule has 0 aromatic rings. The van der Waals surface area contributed by atoms with E-state index in [0.29, 0.717) is 25.7 Å². The summed E-state index contributed by atoms with van der Waals surface area (Å²) < 4.78 is 34.7. The standard InChI is InChI=1S/C15H22O6S/c1-14(2)10-5-6-15(14,12(16)7-10)9-22(18,19)20-8-11-3-4-13(17)21-11/h10-11H,3-9H2,1-2H3/t10-,11?,15-/m1/s1. The molecule has 0 aromatic heterocycles. The molecule has 0 N–H and O–H groups in total. The molecule has 0 amide bonds. The van der Waals surface area contributed by atoms with E-state index >= 15 is 0 Å². The van der Waals surface area contributed by atoms with Gasteiger partial charge in [0.25, 0.3) is 10.1 Å². The lowest BCUT2D eigenvalue weighted by Gasteiger charge is -2.35. The van der Waals surface area contributed by atoms with E-state index in [-0.39, 0.29) is 35.4 Å². The maximum Gasteiger partial charge on any atom is 0.306 e. The fraction of sp³-hybridized carbons (Fsp3) is 0.867. The maximum absolute atomic E-state index is 12.4. The van der Waals surface area contributed by atoms with E-state index in [1.807, 2.05) is 13.8 Å². The van der Waals surface area contributed by atoms with Crippen molar-refractivity contribution >= 4 is 21.9 Å². The Morgan fingerprint density at radius 2 is 2.00 bits per heavy atom. The Hall–Kier alpha value is -0.950. The number of hydrogen-bond acceptors (Lipinski definition) is 6. The molecule has 0 spiro atoms. The molecule has 1 aliphatic heterocycles. The molecule has 6 nitrogen and oxygen atoms in total. The fourth-order valence-corrected chi connectivity index (χ4v) is 6.05. The Labute approximate surface area is 130 Å². The van der Waals surface area contributed by atoms with Crippen LogP contribution in [0.1, 0.15) is 46.0 Å². The molecule has 0 aromatic carbocycles. The number of carbonyl (C=O) groups is 2. The Balaban J connectivity index is 1.69. The normalized spacial score (nSPS) is 36.8. The number of Topliss-reactive ketones (excluding diaryl/α,β-unsaturated/α-hetero) is 1. The highest BCUT2D eigenvalue weighted by molar-refractivity contribution is 7.86. The lowest BCUT2D eigenvalue weighted by Crippen LogP contribution is -2.42. The van der Waals surface area contributed by atoms with Crippen LogP contribution in [0.5, 0.6) is 0 Å². The second-order valence-corrected chi connectivity index (χ2v) is 8.94. The zero-order valence-electron chi connectivity index (χ0n) is 13.0. The average molecular weight is 330 g/mol. The molecule has 22 heavy (non-hydrogen) atoms. The van der Waals surface area contributed by atoms with Gasteiger partial charge in [0.1, 0.15) is 18.5 Å². The molecule has 7 heteroatoms. The third kappa shape index (κ3) is 2.38. The highest BCUT2D eigenvalue weighted by Gasteiger charge is 2.65. The van der Waals surface area contributed by atoms with Crippen molar-refractivity contribution in [1.82, 2.24) is 0 Å². The zero-order chi connectivity index (χ0) is 16.2. The van der Waals surface area contributed by atoms with E-state index in [0.717, 1.165) is 6.42 Å². The van der Waals surface area contributed by atoms with E-state index in [2.05, 4.69) is 0 Å². The third-order valence-corrected chi connectivity index (χ3v) is 7.31. The summed E-state index contributed by atoms with van der Waals surface area (Å²) in [5.41, 5.74) is -1.12. The van der Waals surface area contributed by atoms with Crippen LogP contribution in [-0.4, -0.2) is 38.6 Å². The van der Waals surface area contributed by atoms with Crippen LogP contribution < -0.4 is 0 Å². The SMILES string of the molecule is CC1(C)[C@@H]2CC[C@@]1(CS(=O)(=O)OCC1CCC(=O)O1)C(=O)C2. The first kappa shape index (κ1) is 15.9. The molecule has 124 valence electrons. The Morgan fingerprint density at radius 3 is 2.50 bits per heavy atom. The monoisotopic (exact) mass is 330 g/mol. The van der Waals surface area contributed by atoms with Crippen molar-refractivity contribution in [2.75, 3.05) is 12.4 Å². The Bertz CT molecular complexity index is 608. The lowest BCUT2D eigenvalue weighted by molar-refractivity contribution is -0.142. The van der Waals surface area contributed by atoms with Gasteiger partial charge in [0.2, 0.25) is 0 Å². The van der Waals surface area contributed by atoms with Crippen LogP contribution in [0.4, 0.5) is 0 Å². The van der Waals surface area contributed by atoms with Crippen LogP contribution in [0.3, 0.4) is 0 Å². The largest absolute Gasteiger partial charge is 0.460 e. The Kier molecular flexibility index (Phi) is 3.64. The van der Waals surface area contributed by atoms with Crippen molar-refractivity contribution in [2.24, 2.45) is 16.7 Å². The van der Waals surface area contributed by atoms with Gasteiger partial charge in [-0.25, -0.2) is 0 Å². The van der Waals surface area contributed by atoms with Gasteiger partial charge in [-0.05, 0) is 30.6 Å². The van der Waals surface area contributed by atoms with Gasteiger partial charge in [-0.3, -0.25) is 13.8 Å². The number of ketones is 1. The predicted octanol–water partition coefficient (Wildman–Crippen LogP) is 1.43. The number of carbonyl (C=O) groups excluding carboxylic acids is 2. The maximum atomic E-state index is 12.4. The van der Waals surface area contributed by atoms with Crippen molar-refractivity contribution in [3.8, 4) is 0 Å². The minimum atomic E-state index is -3.83. The molecule has 2 aliphatic carbocycles. The number of cyclic esters (lactones) is 1. The van der Waals surface area contributed by atoms with Gasteiger partial charge in [-0.15, -0.1) is 0 Å². The van der Waals surface area contributed by atoms with Crippen LogP contribution >= 0.6 is 0 Å². The summed E-state index contributed by atoms with van der Waals surface area (Å²) in [6.07, 6.45) is 2.27. The minimum Gasteiger partial charge on any atom is -0.460 e. The second-order valence-electron chi connectivity index (χ2n) is 7.30. The number of hydrogen-bond donors (Lipinski definition) is 0. The zero-order valence-corrected chi connectivity index (χ0v) is 13.8. The lowest BCUT2D eigenvalue weighted by atomic mass is 9.70. The predicted molar refractivity (Wildman–Crippen MR) is 77.4 cm³/mol. The summed E-state index contributed by atoms with van der Waals surface area (Å²) in [6.45, 7) is 3.83. The van der Waals surface area contributed by atoms with Crippen molar-refractivity contribution in [2.45, 2.75) is 52.1 Å². The molecule has 2 bridgehead atoms. The van der Waals surface area contributed by atoms with Crippen LogP contribution in [0, 0.1) is 16.7 Å². The van der Waals surface area contributed by atoms with Crippen molar-refractivity contribution < 1.29 is 26.9 Å². The first-order valence-corrected chi connectivity index (χ1v) is 9.34. The molecule has 3 rings (SSSR count). The summed E-state index contributed by atoms with van der Waals surface area (Å²) in [5, 5.41) is 0. The number of esters is 1. The molecule has 3 fully saturated rings. The summed E-state index contributed by atoms with van der Waals surface area (Å²) in [4.78, 5) is 23.4. The quantitative estimate of drug-likeness (QED) is 0.560. The first-order chi connectivity index (χ1) is 10.2. The topological polar surface area (TPSA) is 86.7 Å². The molecular formula is C15H22O6S. The molecule has 3 aliphatic rings. The van der Waals surface area contributed by atoms with Gasteiger partial charge in [0.05, 0.1) is 11.2 Å². The van der Waals surface area contributed by atoms with Gasteiger partial charge >= 0.3 is 5.97 Å². The van der Waals surface area contributed by atoms with Crippen molar-refractivity contribution in [3.05, 3.63) is 0 Å². The highest BCUT2D eigenvalue weighted by atomic mass is 32.2. The van der Waals surface area contributed by atoms with Gasteiger partial charge in [0, 0.05) is 12.8 Å². The van der Waals surface area contributed by atoms with Crippen LogP contribution in [0.15, 0.2) is 0 Å². The van der Waals surface area contributed by atoms with Crippen molar-refractivity contribution in [1.29, 1.82) is 0 Å². The Morgan fingerprint density at radius 1 is 1.27 bits per heavy atom. The van der Waals surface area contributed by atoms with Crippen LogP contribution in [0.2, 0.25) is 0 Å². The van der Waals surface area contributed by atoms with Gasteiger partial charge < -0.3 is 4.74 Å². The number of fused-ring (bicyclic) bond motifs is 2. The molecule has 1 saturated heterocycles. The molecule has 2 saturated carbocycles. The first-order valence-electron chi connectivity index (χ1n) is 7.76. The van der Waals surface area contributed by atoms with Crippen molar-refractivity contribution in [3.63, 3.8) is 0 Å². The van der Waals surface area contributed by atoms with Gasteiger partial charge in [-0.1, -0.05) is 13.8 Å². The van der Waals surface area contributed by atoms with E-state index < -0.39 is 21.6 Å². The smallest absolute Gasteiger partial charge is 0.306 e. The van der Waals surface area contributed by atoms with E-state index in [1.54, 1.807) is 0 Å². The molecule has 1 heterocycles. The highest BCUT2D eigenvalue weighted by Crippen LogP contribution is 2.64. The van der Waals surface area contributed by atoms with Crippen LogP contribution in [0.25, 0.3) is 0 Å². The summed E-state index contributed by atoms with van der Waals surface area (Å²) in [5.74, 6) is -0.266. The van der Waals surface area contributed by atoms with E-state index in [1.165, 1.54) is 0 Å². The molecular weight excluding hydrogens is 308 g/mol. The third-order valence-electron chi connectivity index (χ3n) is 5.96. The van der Waals surface area contributed by atoms with Gasteiger partial charge in [0.15, 0.2) is 0 Å². The number of rotatable bonds is 5. The minimum absolute atomic E-state index is 0.0493. The van der Waals surface area contributed by atoms with Gasteiger partial charge in [-0.2, -0.15) is 8.42 Å². The molecule has 1 unspecified atom stereocenters. The van der Waals surface area contributed by atoms with E-state index in [9.17, 15) is 18.0 Å². The average Bonchev–Trinajstić information content (AvgIpc) is 2.98. The van der Waals surface area contributed by atoms with Crippen LogP contribution in [-0.2, 0) is 28.6 Å². The van der Waals surface area contributed by atoms with E-state index in [4.69, 9.17) is 8.92 Å². The summed E-state index contributed by atoms with van der Waals surface area (Å²) in [7, 11) is -3.83. The molecule has 0 radical (unpaired) electrons. The summed E-state index contributed by atoms with van der Waals surface area (Å²) in [6, 6.07) is 0. The molecule has 3 atom stereocenters.